The number of rotatable bonds is 5. The number of nitrogens with two attached hydrogens (primary N) is 1. The average molecular weight is 262 g/mol. The quantitative estimate of drug-likeness (QED) is 0.623. The maximum absolute atomic E-state index is 11.4. The van der Waals surface area contributed by atoms with Crippen LogP contribution in [0.15, 0.2) is 30.3 Å². The monoisotopic (exact) mass is 262 g/mol. The van der Waals surface area contributed by atoms with Crippen LogP contribution < -0.4 is 11.1 Å². The van der Waals surface area contributed by atoms with Gasteiger partial charge >= 0.3 is 5.97 Å². The fraction of sp³-hybridized carbons (Fsp3) is 0.286. The smallest absolute Gasteiger partial charge is 0.330 e. The van der Waals surface area contributed by atoms with Crippen molar-refractivity contribution >= 4 is 23.6 Å². The molecule has 19 heavy (non-hydrogen) atoms. The second-order valence-electron chi connectivity index (χ2n) is 3.99. The zero-order valence-corrected chi connectivity index (χ0v) is 11.1. The second-order valence-corrected chi connectivity index (χ2v) is 3.99. The van der Waals surface area contributed by atoms with Crippen LogP contribution in [0, 0.1) is 0 Å². The molecule has 0 heterocycles. The topological polar surface area (TPSA) is 81.4 Å². The number of hydrogen-bond acceptors (Lipinski definition) is 4. The van der Waals surface area contributed by atoms with E-state index in [1.165, 1.54) is 6.08 Å². The average Bonchev–Trinajstić information content (AvgIpc) is 2.38. The van der Waals surface area contributed by atoms with Crippen molar-refractivity contribution in [2.45, 2.75) is 19.9 Å². The van der Waals surface area contributed by atoms with Gasteiger partial charge in [0, 0.05) is 11.8 Å². The van der Waals surface area contributed by atoms with Gasteiger partial charge in [-0.1, -0.05) is 12.1 Å². The molecule has 0 saturated heterocycles. The lowest BCUT2D eigenvalue weighted by atomic mass is 10.2. The Morgan fingerprint density at radius 1 is 1.37 bits per heavy atom. The number of hydrogen-bond donors (Lipinski definition) is 2. The first-order valence-electron chi connectivity index (χ1n) is 6.04. The van der Waals surface area contributed by atoms with Crippen LogP contribution in [-0.2, 0) is 14.3 Å². The third-order valence-electron chi connectivity index (χ3n) is 2.29. The van der Waals surface area contributed by atoms with Crippen molar-refractivity contribution in [3.05, 3.63) is 35.9 Å². The van der Waals surface area contributed by atoms with Crippen LogP contribution in [-0.4, -0.2) is 24.5 Å². The minimum absolute atomic E-state index is 0.241. The number of anilines is 1. The SMILES string of the molecule is CCOC(=O)/C=C/c1ccc(NC(=O)C(C)N)cc1. The van der Waals surface area contributed by atoms with Crippen molar-refractivity contribution in [3.8, 4) is 0 Å². The molecule has 0 spiro atoms. The number of carbonyl (C=O) groups is 2. The summed E-state index contributed by atoms with van der Waals surface area (Å²) < 4.78 is 4.77. The summed E-state index contributed by atoms with van der Waals surface area (Å²) >= 11 is 0. The van der Waals surface area contributed by atoms with Crippen LogP contribution in [0.2, 0.25) is 0 Å². The predicted octanol–water partition coefficient (Wildman–Crippen LogP) is 1.55. The molecule has 1 amide bonds. The minimum Gasteiger partial charge on any atom is -0.463 e. The van der Waals surface area contributed by atoms with Gasteiger partial charge in [-0.05, 0) is 37.6 Å². The summed E-state index contributed by atoms with van der Waals surface area (Å²) in [5.74, 6) is -0.619. The molecule has 0 aliphatic heterocycles. The van der Waals surface area contributed by atoms with Gasteiger partial charge in [0.15, 0.2) is 0 Å². The van der Waals surface area contributed by atoms with E-state index in [9.17, 15) is 9.59 Å². The van der Waals surface area contributed by atoms with Gasteiger partial charge in [-0.2, -0.15) is 0 Å². The summed E-state index contributed by atoms with van der Waals surface area (Å²) in [7, 11) is 0. The van der Waals surface area contributed by atoms with E-state index < -0.39 is 6.04 Å². The molecule has 0 aliphatic rings. The first-order valence-corrected chi connectivity index (χ1v) is 6.04. The van der Waals surface area contributed by atoms with Crippen molar-refractivity contribution in [2.24, 2.45) is 5.73 Å². The van der Waals surface area contributed by atoms with E-state index in [0.29, 0.717) is 12.3 Å². The maximum atomic E-state index is 11.4. The van der Waals surface area contributed by atoms with Gasteiger partial charge in [-0.15, -0.1) is 0 Å². The molecule has 5 heteroatoms. The van der Waals surface area contributed by atoms with Crippen molar-refractivity contribution in [1.29, 1.82) is 0 Å². The van der Waals surface area contributed by atoms with Gasteiger partial charge < -0.3 is 15.8 Å². The van der Waals surface area contributed by atoms with E-state index in [1.807, 2.05) is 0 Å². The van der Waals surface area contributed by atoms with Crippen molar-refractivity contribution in [1.82, 2.24) is 0 Å². The summed E-state index contributed by atoms with van der Waals surface area (Å²) in [5.41, 5.74) is 6.95. The highest BCUT2D eigenvalue weighted by Gasteiger charge is 2.06. The lowest BCUT2D eigenvalue weighted by Gasteiger charge is -2.07. The zero-order chi connectivity index (χ0) is 14.3. The number of ether oxygens (including phenoxy) is 1. The highest BCUT2D eigenvalue weighted by Crippen LogP contribution is 2.11. The molecule has 5 nitrogen and oxygen atoms in total. The van der Waals surface area contributed by atoms with Crippen molar-refractivity contribution < 1.29 is 14.3 Å². The fourth-order valence-corrected chi connectivity index (χ4v) is 1.29. The first kappa shape index (κ1) is 14.9. The molecule has 0 aromatic heterocycles. The van der Waals surface area contributed by atoms with Crippen LogP contribution in [0.1, 0.15) is 19.4 Å². The van der Waals surface area contributed by atoms with E-state index in [4.69, 9.17) is 10.5 Å². The number of esters is 1. The summed E-state index contributed by atoms with van der Waals surface area (Å²) in [6.07, 6.45) is 3.01. The molecule has 0 radical (unpaired) electrons. The molecule has 1 unspecified atom stereocenters. The van der Waals surface area contributed by atoms with Gasteiger partial charge in [0.05, 0.1) is 12.6 Å². The molecule has 0 aliphatic carbocycles. The Kier molecular flexibility index (Phi) is 5.75. The molecule has 1 atom stereocenters. The molecule has 0 saturated carbocycles. The molecule has 3 N–H and O–H groups in total. The summed E-state index contributed by atoms with van der Waals surface area (Å²) in [4.78, 5) is 22.5. The second kappa shape index (κ2) is 7.33. The third-order valence-corrected chi connectivity index (χ3v) is 2.29. The molecule has 1 aromatic carbocycles. The van der Waals surface area contributed by atoms with Gasteiger partial charge in [0.2, 0.25) is 5.91 Å². The van der Waals surface area contributed by atoms with E-state index in [2.05, 4.69) is 5.32 Å². The van der Waals surface area contributed by atoms with Gasteiger partial charge in [-0.3, -0.25) is 4.79 Å². The minimum atomic E-state index is -0.552. The summed E-state index contributed by atoms with van der Waals surface area (Å²) in [6.45, 7) is 3.72. The van der Waals surface area contributed by atoms with Crippen molar-refractivity contribution in [2.75, 3.05) is 11.9 Å². The standard InChI is InChI=1S/C14H18N2O3/c1-3-19-13(17)9-6-11-4-7-12(8-5-11)16-14(18)10(2)15/h4-10H,3,15H2,1-2H3,(H,16,18)/b9-6+. The lowest BCUT2D eigenvalue weighted by molar-refractivity contribution is -0.137. The van der Waals surface area contributed by atoms with E-state index in [-0.39, 0.29) is 11.9 Å². The van der Waals surface area contributed by atoms with Crippen LogP contribution in [0.5, 0.6) is 0 Å². The summed E-state index contributed by atoms with van der Waals surface area (Å²) in [6, 6.07) is 6.50. The molecule has 1 rings (SSSR count). The van der Waals surface area contributed by atoms with Gasteiger partial charge in [0.25, 0.3) is 0 Å². The summed E-state index contributed by atoms with van der Waals surface area (Å²) in [5, 5.41) is 2.67. The predicted molar refractivity (Wildman–Crippen MR) is 74.4 cm³/mol. The van der Waals surface area contributed by atoms with Gasteiger partial charge in [0.1, 0.15) is 0 Å². The Bertz CT molecular complexity index is 464. The zero-order valence-electron chi connectivity index (χ0n) is 11.1. The van der Waals surface area contributed by atoms with Crippen LogP contribution in [0.3, 0.4) is 0 Å². The van der Waals surface area contributed by atoms with E-state index in [0.717, 1.165) is 5.56 Å². The number of amides is 1. The highest BCUT2D eigenvalue weighted by molar-refractivity contribution is 5.94. The van der Waals surface area contributed by atoms with Crippen LogP contribution in [0.25, 0.3) is 6.08 Å². The maximum Gasteiger partial charge on any atom is 0.330 e. The number of nitrogens with one attached hydrogen (secondary N) is 1. The Balaban J connectivity index is 2.61. The Hall–Kier alpha value is -2.14. The lowest BCUT2D eigenvalue weighted by Crippen LogP contribution is -2.32. The fourth-order valence-electron chi connectivity index (χ4n) is 1.29. The Morgan fingerprint density at radius 2 is 2.00 bits per heavy atom. The number of benzene rings is 1. The highest BCUT2D eigenvalue weighted by atomic mass is 16.5. The molecular weight excluding hydrogens is 244 g/mol. The van der Waals surface area contributed by atoms with Crippen LogP contribution in [0.4, 0.5) is 5.69 Å². The third kappa shape index (κ3) is 5.35. The number of carbonyl (C=O) groups excluding carboxylic acids is 2. The molecule has 1 aromatic rings. The first-order chi connectivity index (χ1) is 9.02. The molecule has 0 bridgehead atoms. The van der Waals surface area contributed by atoms with Crippen molar-refractivity contribution in [3.63, 3.8) is 0 Å². The Morgan fingerprint density at radius 3 is 2.53 bits per heavy atom. The molecule has 102 valence electrons. The van der Waals surface area contributed by atoms with E-state index in [1.54, 1.807) is 44.2 Å². The Labute approximate surface area is 112 Å². The normalized spacial score (nSPS) is 12.2. The van der Waals surface area contributed by atoms with Gasteiger partial charge in [-0.25, -0.2) is 4.79 Å². The van der Waals surface area contributed by atoms with E-state index >= 15 is 0 Å². The molecule has 0 fully saturated rings. The van der Waals surface area contributed by atoms with Crippen LogP contribution >= 0.6 is 0 Å². The molecular formula is C14H18N2O3. The largest absolute Gasteiger partial charge is 0.463 e.